The van der Waals surface area contributed by atoms with Crippen molar-refractivity contribution in [3.63, 3.8) is 0 Å². The van der Waals surface area contributed by atoms with Gasteiger partial charge in [-0.15, -0.1) is 0 Å². The molecule has 2 aromatic rings. The normalized spacial score (nSPS) is 14.8. The highest BCUT2D eigenvalue weighted by Gasteiger charge is 2.18. The lowest BCUT2D eigenvalue weighted by molar-refractivity contribution is 0.600. The number of nitrogens with zero attached hydrogens (tertiary/aromatic N) is 4. The van der Waals surface area contributed by atoms with Gasteiger partial charge >= 0.3 is 0 Å². The summed E-state index contributed by atoms with van der Waals surface area (Å²) in [7, 11) is 0. The summed E-state index contributed by atoms with van der Waals surface area (Å²) in [6.45, 7) is 4.05. The highest BCUT2D eigenvalue weighted by Crippen LogP contribution is 2.30. The number of aromatic nitrogens is 3. The topological polar surface area (TPSA) is 67.9 Å². The van der Waals surface area contributed by atoms with Crippen LogP contribution in [0.3, 0.4) is 0 Å². The van der Waals surface area contributed by atoms with Crippen molar-refractivity contribution in [3.05, 3.63) is 18.0 Å². The zero-order valence-corrected chi connectivity index (χ0v) is 10.4. The summed E-state index contributed by atoms with van der Waals surface area (Å²) >= 11 is 1.47. The molecule has 1 aliphatic rings. The first-order valence-corrected chi connectivity index (χ1v) is 6.37. The third-order valence-corrected chi connectivity index (χ3v) is 3.84. The molecule has 2 aromatic heterocycles. The molecule has 2 N–H and O–H groups in total. The second-order valence-corrected chi connectivity index (χ2v) is 5.08. The van der Waals surface area contributed by atoms with E-state index in [1.165, 1.54) is 17.8 Å². The van der Waals surface area contributed by atoms with Crippen LogP contribution >= 0.6 is 11.3 Å². The first-order chi connectivity index (χ1) is 8.24. The monoisotopic (exact) mass is 247 g/mol. The van der Waals surface area contributed by atoms with Gasteiger partial charge in [0, 0.05) is 19.3 Å². The van der Waals surface area contributed by atoms with Crippen LogP contribution in [0.15, 0.2) is 12.3 Å². The van der Waals surface area contributed by atoms with Gasteiger partial charge < -0.3 is 10.6 Å². The van der Waals surface area contributed by atoms with Gasteiger partial charge in [-0.25, -0.2) is 15.0 Å². The average Bonchev–Trinajstić information content (AvgIpc) is 2.56. The first kappa shape index (κ1) is 10.5. The van der Waals surface area contributed by atoms with E-state index in [1.807, 2.05) is 13.0 Å². The van der Waals surface area contributed by atoms with Crippen LogP contribution in [-0.2, 0) is 0 Å². The molecule has 0 aliphatic carbocycles. The predicted molar refractivity (Wildman–Crippen MR) is 69.1 cm³/mol. The van der Waals surface area contributed by atoms with Gasteiger partial charge in [-0.1, -0.05) is 11.3 Å². The van der Waals surface area contributed by atoms with Crippen molar-refractivity contribution in [1.82, 2.24) is 15.0 Å². The van der Waals surface area contributed by atoms with Crippen molar-refractivity contribution in [2.75, 3.05) is 23.7 Å². The fourth-order valence-electron chi connectivity index (χ4n) is 1.80. The molecule has 3 heterocycles. The number of aryl methyl sites for hydroxylation is 1. The molecule has 0 radical (unpaired) electrons. The van der Waals surface area contributed by atoms with Crippen molar-refractivity contribution in [3.8, 4) is 10.6 Å². The minimum absolute atomic E-state index is 0.585. The van der Waals surface area contributed by atoms with E-state index in [4.69, 9.17) is 5.73 Å². The summed E-state index contributed by atoms with van der Waals surface area (Å²) in [6, 6.07) is 1.91. The first-order valence-electron chi connectivity index (χ1n) is 5.55. The maximum absolute atomic E-state index is 5.71. The standard InChI is InChI=1S/C11H13N5S/c1-7-9(17-10(12)14-7)8-3-4-13-11(15-8)16-5-2-6-16/h3-4H,2,5-6H2,1H3,(H2,12,14). The molecule has 0 spiro atoms. The Hall–Kier alpha value is -1.69. The molecule has 0 saturated carbocycles. The molecule has 1 aliphatic heterocycles. The summed E-state index contributed by atoms with van der Waals surface area (Å²) in [5.41, 5.74) is 7.55. The van der Waals surface area contributed by atoms with Gasteiger partial charge in [0.05, 0.1) is 16.3 Å². The van der Waals surface area contributed by atoms with Crippen LogP contribution in [0.2, 0.25) is 0 Å². The van der Waals surface area contributed by atoms with Gasteiger partial charge in [0.1, 0.15) is 0 Å². The van der Waals surface area contributed by atoms with Gasteiger partial charge in [0.15, 0.2) is 5.13 Å². The Morgan fingerprint density at radius 2 is 2.18 bits per heavy atom. The third kappa shape index (κ3) is 1.84. The zero-order valence-electron chi connectivity index (χ0n) is 9.55. The fourth-order valence-corrected chi connectivity index (χ4v) is 2.60. The molecule has 1 saturated heterocycles. The van der Waals surface area contributed by atoms with Gasteiger partial charge in [-0.05, 0) is 19.4 Å². The largest absolute Gasteiger partial charge is 0.375 e. The number of hydrogen-bond donors (Lipinski definition) is 1. The molecule has 0 bridgehead atoms. The maximum Gasteiger partial charge on any atom is 0.225 e. The van der Waals surface area contributed by atoms with Crippen LogP contribution in [0.5, 0.6) is 0 Å². The van der Waals surface area contributed by atoms with Gasteiger partial charge in [0.25, 0.3) is 0 Å². The summed E-state index contributed by atoms with van der Waals surface area (Å²) in [5, 5.41) is 0.585. The van der Waals surface area contributed by atoms with E-state index in [9.17, 15) is 0 Å². The Balaban J connectivity index is 1.99. The quantitative estimate of drug-likeness (QED) is 0.874. The lowest BCUT2D eigenvalue weighted by Crippen LogP contribution is -2.38. The van der Waals surface area contributed by atoms with E-state index < -0.39 is 0 Å². The molecule has 3 rings (SSSR count). The van der Waals surface area contributed by atoms with Crippen LogP contribution in [0, 0.1) is 6.92 Å². The molecule has 0 aromatic carbocycles. The smallest absolute Gasteiger partial charge is 0.225 e. The molecule has 0 atom stereocenters. The zero-order chi connectivity index (χ0) is 11.8. The molecule has 0 amide bonds. The average molecular weight is 247 g/mol. The van der Waals surface area contributed by atoms with Crippen LogP contribution in [0.25, 0.3) is 10.6 Å². The number of nitrogen functional groups attached to an aromatic ring is 1. The Morgan fingerprint density at radius 3 is 2.76 bits per heavy atom. The van der Waals surface area contributed by atoms with Crippen LogP contribution in [-0.4, -0.2) is 28.0 Å². The van der Waals surface area contributed by atoms with E-state index in [0.717, 1.165) is 35.3 Å². The van der Waals surface area contributed by atoms with Crippen LogP contribution < -0.4 is 10.6 Å². The van der Waals surface area contributed by atoms with E-state index in [2.05, 4.69) is 19.9 Å². The molecular formula is C11H13N5S. The van der Waals surface area contributed by atoms with Gasteiger partial charge in [0.2, 0.25) is 5.95 Å². The minimum Gasteiger partial charge on any atom is -0.375 e. The Morgan fingerprint density at radius 1 is 1.35 bits per heavy atom. The van der Waals surface area contributed by atoms with Crippen LogP contribution in [0.1, 0.15) is 12.1 Å². The van der Waals surface area contributed by atoms with Crippen molar-refractivity contribution < 1.29 is 0 Å². The molecule has 1 fully saturated rings. The second-order valence-electron chi connectivity index (χ2n) is 4.05. The van der Waals surface area contributed by atoms with Crippen molar-refractivity contribution in [1.29, 1.82) is 0 Å². The lowest BCUT2D eigenvalue weighted by atomic mass is 10.2. The molecule has 17 heavy (non-hydrogen) atoms. The fraction of sp³-hybridized carbons (Fsp3) is 0.364. The minimum atomic E-state index is 0.585. The van der Waals surface area contributed by atoms with Crippen molar-refractivity contribution in [2.45, 2.75) is 13.3 Å². The third-order valence-electron chi connectivity index (χ3n) is 2.83. The molecule has 0 unspecified atom stereocenters. The van der Waals surface area contributed by atoms with Gasteiger partial charge in [-0.3, -0.25) is 0 Å². The van der Waals surface area contributed by atoms with E-state index in [1.54, 1.807) is 6.20 Å². The highest BCUT2D eigenvalue weighted by atomic mass is 32.1. The SMILES string of the molecule is Cc1nc(N)sc1-c1ccnc(N2CCC2)n1. The number of nitrogens with two attached hydrogens (primary N) is 1. The number of thiazole rings is 1. The predicted octanol–water partition coefficient (Wildman–Crippen LogP) is 1.70. The highest BCUT2D eigenvalue weighted by molar-refractivity contribution is 7.18. The summed E-state index contributed by atoms with van der Waals surface area (Å²) < 4.78 is 0. The number of rotatable bonds is 2. The Bertz CT molecular complexity index is 547. The second kappa shape index (κ2) is 3.96. The van der Waals surface area contributed by atoms with Crippen LogP contribution in [0.4, 0.5) is 11.1 Å². The summed E-state index contributed by atoms with van der Waals surface area (Å²) in [6.07, 6.45) is 3.02. The number of anilines is 2. The van der Waals surface area contributed by atoms with Crippen molar-refractivity contribution in [2.24, 2.45) is 0 Å². The maximum atomic E-state index is 5.71. The van der Waals surface area contributed by atoms with E-state index >= 15 is 0 Å². The summed E-state index contributed by atoms with van der Waals surface area (Å²) in [5.74, 6) is 0.806. The number of hydrogen-bond acceptors (Lipinski definition) is 6. The van der Waals surface area contributed by atoms with E-state index in [-0.39, 0.29) is 0 Å². The summed E-state index contributed by atoms with van der Waals surface area (Å²) in [4.78, 5) is 16.3. The Labute approximate surface area is 103 Å². The molecule has 6 heteroatoms. The van der Waals surface area contributed by atoms with Crippen molar-refractivity contribution >= 4 is 22.4 Å². The molecular weight excluding hydrogens is 234 g/mol. The van der Waals surface area contributed by atoms with Gasteiger partial charge in [-0.2, -0.15) is 0 Å². The Kier molecular flexibility index (Phi) is 2.44. The lowest BCUT2D eigenvalue weighted by Gasteiger charge is -2.30. The molecule has 88 valence electrons. The molecule has 5 nitrogen and oxygen atoms in total. The van der Waals surface area contributed by atoms with E-state index in [0.29, 0.717) is 5.13 Å².